The van der Waals surface area contributed by atoms with Gasteiger partial charge in [0.15, 0.2) is 17.6 Å². The van der Waals surface area contributed by atoms with Gasteiger partial charge in [-0.1, -0.05) is 20.8 Å². The van der Waals surface area contributed by atoms with Crippen LogP contribution in [0.15, 0.2) is 23.3 Å². The van der Waals surface area contributed by atoms with Gasteiger partial charge in [-0.05, 0) is 43.7 Å². The zero-order valence-electron chi connectivity index (χ0n) is 18.2. The van der Waals surface area contributed by atoms with Gasteiger partial charge in [-0.15, -0.1) is 0 Å². The molecule has 2 aliphatic heterocycles. The normalized spacial score (nSPS) is 25.9. The van der Waals surface area contributed by atoms with E-state index in [0.29, 0.717) is 11.7 Å². The van der Waals surface area contributed by atoms with Crippen molar-refractivity contribution in [3.05, 3.63) is 24.1 Å². The molecule has 2 fully saturated rings. The number of hydrogen-bond acceptors (Lipinski definition) is 4. The van der Waals surface area contributed by atoms with Gasteiger partial charge < -0.3 is 20.3 Å². The molecule has 3 heterocycles. The third kappa shape index (κ3) is 5.81. The lowest BCUT2D eigenvalue weighted by Crippen LogP contribution is -2.46. The molecular weight excluding hydrogens is 369 g/mol. The zero-order valence-corrected chi connectivity index (χ0v) is 18.2. The van der Waals surface area contributed by atoms with Crippen LogP contribution in [0.4, 0.5) is 10.2 Å². The summed E-state index contributed by atoms with van der Waals surface area (Å²) in [6, 6.07) is 3.31. The van der Waals surface area contributed by atoms with Crippen LogP contribution in [-0.4, -0.2) is 55.9 Å². The van der Waals surface area contributed by atoms with Crippen LogP contribution in [0, 0.1) is 17.2 Å². The maximum atomic E-state index is 14.0. The van der Waals surface area contributed by atoms with E-state index in [4.69, 9.17) is 9.73 Å². The van der Waals surface area contributed by atoms with Crippen molar-refractivity contribution in [2.24, 2.45) is 16.3 Å². The van der Waals surface area contributed by atoms with Crippen molar-refractivity contribution in [2.45, 2.75) is 59.1 Å². The molecule has 2 N–H and O–H groups in total. The van der Waals surface area contributed by atoms with Gasteiger partial charge in [-0.3, -0.25) is 4.99 Å². The van der Waals surface area contributed by atoms with Crippen LogP contribution in [0.1, 0.15) is 47.0 Å². The molecule has 6 nitrogen and oxygen atoms in total. The molecule has 0 radical (unpaired) electrons. The van der Waals surface area contributed by atoms with Crippen molar-refractivity contribution in [3.63, 3.8) is 0 Å². The lowest BCUT2D eigenvalue weighted by Gasteiger charge is -2.39. The molecule has 1 aromatic rings. The maximum Gasteiger partial charge on any atom is 0.191 e. The molecule has 29 heavy (non-hydrogen) atoms. The number of nitrogens with zero attached hydrogens (tertiary/aromatic N) is 3. The lowest BCUT2D eigenvalue weighted by atomic mass is 9.78. The van der Waals surface area contributed by atoms with E-state index in [9.17, 15) is 4.39 Å². The van der Waals surface area contributed by atoms with Crippen molar-refractivity contribution < 1.29 is 9.13 Å². The van der Waals surface area contributed by atoms with Crippen LogP contribution in [0.5, 0.6) is 0 Å². The van der Waals surface area contributed by atoms with Crippen LogP contribution in [0.3, 0.4) is 0 Å². The number of guanidine groups is 1. The minimum atomic E-state index is -0.265. The van der Waals surface area contributed by atoms with Gasteiger partial charge in [0.05, 0.1) is 6.10 Å². The predicted molar refractivity (Wildman–Crippen MR) is 116 cm³/mol. The van der Waals surface area contributed by atoms with Crippen molar-refractivity contribution in [1.82, 2.24) is 15.6 Å². The minimum absolute atomic E-state index is 0.116. The summed E-state index contributed by atoms with van der Waals surface area (Å²) >= 11 is 0. The maximum absolute atomic E-state index is 14.0. The molecule has 162 valence electrons. The Morgan fingerprint density at radius 1 is 1.38 bits per heavy atom. The van der Waals surface area contributed by atoms with Crippen LogP contribution >= 0.6 is 0 Å². The molecule has 0 aromatic carbocycles. The van der Waals surface area contributed by atoms with Crippen molar-refractivity contribution in [2.75, 3.05) is 37.7 Å². The van der Waals surface area contributed by atoms with Gasteiger partial charge in [0, 0.05) is 50.9 Å². The fourth-order valence-corrected chi connectivity index (χ4v) is 4.39. The Balaban J connectivity index is 1.60. The first-order valence-corrected chi connectivity index (χ1v) is 10.9. The predicted octanol–water partition coefficient (Wildman–Crippen LogP) is 3.20. The van der Waals surface area contributed by atoms with Crippen molar-refractivity contribution >= 4 is 11.8 Å². The molecule has 0 aliphatic carbocycles. The first-order valence-electron chi connectivity index (χ1n) is 10.9. The van der Waals surface area contributed by atoms with E-state index >= 15 is 0 Å². The number of pyridine rings is 1. The monoisotopic (exact) mass is 405 g/mol. The van der Waals surface area contributed by atoms with Gasteiger partial charge in [0.2, 0.25) is 0 Å². The quantitative estimate of drug-likeness (QED) is 0.582. The number of hydrogen-bond donors (Lipinski definition) is 2. The summed E-state index contributed by atoms with van der Waals surface area (Å²) in [5.41, 5.74) is 0.116. The van der Waals surface area contributed by atoms with E-state index in [1.165, 1.54) is 6.07 Å². The summed E-state index contributed by atoms with van der Waals surface area (Å²) in [7, 11) is 0. The molecule has 2 saturated heterocycles. The Kier molecular flexibility index (Phi) is 7.33. The smallest absolute Gasteiger partial charge is 0.191 e. The zero-order chi connectivity index (χ0) is 20.9. The third-order valence-corrected chi connectivity index (χ3v) is 5.69. The second-order valence-electron chi connectivity index (χ2n) is 9.16. The van der Waals surface area contributed by atoms with Crippen LogP contribution in [0.2, 0.25) is 0 Å². The van der Waals surface area contributed by atoms with Crippen molar-refractivity contribution in [3.8, 4) is 0 Å². The Morgan fingerprint density at radius 3 is 2.93 bits per heavy atom. The Morgan fingerprint density at radius 2 is 2.21 bits per heavy atom. The SMILES string of the molecule is CCNC(=NCC1CCCOC1C(C)(C)C)NC1CCN(c2ncccc2F)C1. The first kappa shape index (κ1) is 21.8. The minimum Gasteiger partial charge on any atom is -0.377 e. The molecule has 0 saturated carbocycles. The molecule has 0 bridgehead atoms. The van der Waals surface area contributed by atoms with Crippen LogP contribution in [0.25, 0.3) is 0 Å². The lowest BCUT2D eigenvalue weighted by molar-refractivity contribution is -0.0823. The van der Waals surface area contributed by atoms with Gasteiger partial charge in [-0.25, -0.2) is 9.37 Å². The van der Waals surface area contributed by atoms with Crippen LogP contribution < -0.4 is 15.5 Å². The standard InChI is InChI=1S/C22H36FN5O/c1-5-24-21(26-14-16-8-7-13-29-19(16)22(2,3)4)27-17-10-12-28(15-17)20-18(23)9-6-11-25-20/h6,9,11,16-17,19H,5,7-8,10,12-15H2,1-4H3,(H2,24,26,27). The summed E-state index contributed by atoms with van der Waals surface area (Å²) in [6.45, 7) is 12.7. The number of ether oxygens (including phenoxy) is 1. The third-order valence-electron chi connectivity index (χ3n) is 5.69. The van der Waals surface area contributed by atoms with E-state index < -0.39 is 0 Å². The molecule has 3 atom stereocenters. The Hall–Kier alpha value is -1.89. The number of aliphatic imine (C=N–C) groups is 1. The summed E-state index contributed by atoms with van der Waals surface area (Å²) in [4.78, 5) is 11.1. The highest BCUT2D eigenvalue weighted by Gasteiger charge is 2.35. The number of aromatic nitrogens is 1. The molecule has 3 unspecified atom stereocenters. The number of anilines is 1. The van der Waals surface area contributed by atoms with Gasteiger partial charge in [-0.2, -0.15) is 0 Å². The molecular formula is C22H36FN5O. The summed E-state index contributed by atoms with van der Waals surface area (Å²) in [6.07, 6.45) is 5.06. The second-order valence-corrected chi connectivity index (χ2v) is 9.16. The highest BCUT2D eigenvalue weighted by atomic mass is 19.1. The molecule has 1 aromatic heterocycles. The average Bonchev–Trinajstić information content (AvgIpc) is 3.14. The Labute approximate surface area is 174 Å². The van der Waals surface area contributed by atoms with Crippen molar-refractivity contribution in [1.29, 1.82) is 0 Å². The van der Waals surface area contributed by atoms with Gasteiger partial charge in [0.1, 0.15) is 0 Å². The fraction of sp³-hybridized carbons (Fsp3) is 0.727. The topological polar surface area (TPSA) is 61.8 Å². The van der Waals surface area contributed by atoms with E-state index in [0.717, 1.165) is 58.0 Å². The highest BCUT2D eigenvalue weighted by Crippen LogP contribution is 2.34. The summed E-state index contributed by atoms with van der Waals surface area (Å²) in [5.74, 6) is 1.44. The number of halogens is 1. The molecule has 2 aliphatic rings. The summed E-state index contributed by atoms with van der Waals surface area (Å²) < 4.78 is 20.1. The van der Waals surface area contributed by atoms with E-state index in [2.05, 4.69) is 43.3 Å². The van der Waals surface area contributed by atoms with E-state index in [1.807, 2.05) is 4.90 Å². The number of nitrogens with one attached hydrogen (secondary N) is 2. The molecule has 7 heteroatoms. The highest BCUT2D eigenvalue weighted by molar-refractivity contribution is 5.80. The number of rotatable bonds is 5. The molecule has 0 amide bonds. The first-order chi connectivity index (χ1) is 13.9. The van der Waals surface area contributed by atoms with E-state index in [-0.39, 0.29) is 23.4 Å². The second kappa shape index (κ2) is 9.74. The summed E-state index contributed by atoms with van der Waals surface area (Å²) in [5, 5.41) is 6.89. The Bertz CT molecular complexity index is 690. The molecule has 0 spiro atoms. The van der Waals surface area contributed by atoms with Gasteiger partial charge in [0.25, 0.3) is 0 Å². The molecule has 3 rings (SSSR count). The van der Waals surface area contributed by atoms with E-state index in [1.54, 1.807) is 12.3 Å². The van der Waals surface area contributed by atoms with Gasteiger partial charge >= 0.3 is 0 Å². The average molecular weight is 406 g/mol. The fourth-order valence-electron chi connectivity index (χ4n) is 4.39. The van der Waals surface area contributed by atoms with Crippen LogP contribution in [-0.2, 0) is 4.74 Å². The largest absolute Gasteiger partial charge is 0.377 e.